The molecule has 8 nitrogen and oxygen atoms in total. The molecule has 3 heterocycles. The average molecular weight is 407 g/mol. The normalized spacial score (nSPS) is 24.1. The summed E-state index contributed by atoms with van der Waals surface area (Å²) in [4.78, 5) is 57.0. The van der Waals surface area contributed by atoms with E-state index >= 15 is 0 Å². The third-order valence-electron chi connectivity index (χ3n) is 6.30. The summed E-state index contributed by atoms with van der Waals surface area (Å²) in [6.45, 7) is 9.20. The van der Waals surface area contributed by atoms with E-state index in [0.29, 0.717) is 58.0 Å². The van der Waals surface area contributed by atoms with Crippen LogP contribution in [-0.4, -0.2) is 95.1 Å². The molecule has 1 unspecified atom stereocenters. The number of carbonyl (C=O) groups is 4. The van der Waals surface area contributed by atoms with E-state index in [0.717, 1.165) is 12.8 Å². The summed E-state index contributed by atoms with van der Waals surface area (Å²) in [5.41, 5.74) is 0. The van der Waals surface area contributed by atoms with Crippen molar-refractivity contribution in [2.75, 3.05) is 45.8 Å². The Balaban J connectivity index is 1.61. The first-order valence-electron chi connectivity index (χ1n) is 10.9. The van der Waals surface area contributed by atoms with Crippen molar-refractivity contribution in [3.63, 3.8) is 0 Å². The number of carbonyl (C=O) groups excluding carboxylic acids is 4. The molecule has 3 rings (SSSR count). The lowest BCUT2D eigenvalue weighted by Gasteiger charge is -2.40. The van der Waals surface area contributed by atoms with Gasteiger partial charge >= 0.3 is 0 Å². The maximum Gasteiger partial charge on any atom is 0.247 e. The number of fused-ring (bicyclic) bond motifs is 1. The molecule has 3 fully saturated rings. The summed E-state index contributed by atoms with van der Waals surface area (Å²) in [5.74, 6) is 0.679. The van der Waals surface area contributed by atoms with Crippen LogP contribution in [0.1, 0.15) is 46.5 Å². The zero-order valence-corrected chi connectivity index (χ0v) is 17.9. The second kappa shape index (κ2) is 9.13. The summed E-state index contributed by atoms with van der Waals surface area (Å²) >= 11 is 0. The molecule has 0 spiro atoms. The lowest BCUT2D eigenvalue weighted by atomic mass is 9.93. The lowest BCUT2D eigenvalue weighted by molar-refractivity contribution is -0.157. The van der Waals surface area contributed by atoms with E-state index in [1.165, 1.54) is 0 Å². The first-order valence-corrected chi connectivity index (χ1v) is 10.9. The Morgan fingerprint density at radius 3 is 2.34 bits per heavy atom. The van der Waals surface area contributed by atoms with Gasteiger partial charge in [-0.2, -0.15) is 0 Å². The van der Waals surface area contributed by atoms with Crippen LogP contribution in [0, 0.1) is 11.8 Å². The maximum atomic E-state index is 13.0. The molecule has 29 heavy (non-hydrogen) atoms. The van der Waals surface area contributed by atoms with Gasteiger partial charge in [0, 0.05) is 46.1 Å². The van der Waals surface area contributed by atoms with Gasteiger partial charge in [-0.15, -0.1) is 0 Å². The Morgan fingerprint density at radius 2 is 1.72 bits per heavy atom. The fourth-order valence-corrected chi connectivity index (χ4v) is 4.69. The van der Waals surface area contributed by atoms with E-state index in [1.807, 2.05) is 18.7 Å². The molecular formula is C21H34N4O4. The largest absolute Gasteiger partial charge is 0.343 e. The van der Waals surface area contributed by atoms with Crippen molar-refractivity contribution in [2.45, 2.75) is 52.5 Å². The van der Waals surface area contributed by atoms with E-state index in [4.69, 9.17) is 0 Å². The number of amides is 4. The first kappa shape index (κ1) is 21.6. The molecule has 0 radical (unpaired) electrons. The summed E-state index contributed by atoms with van der Waals surface area (Å²) < 4.78 is 0. The van der Waals surface area contributed by atoms with Crippen LogP contribution in [0.3, 0.4) is 0 Å². The highest BCUT2D eigenvalue weighted by Gasteiger charge is 2.42. The molecule has 1 atom stereocenters. The molecular weight excluding hydrogens is 372 g/mol. The summed E-state index contributed by atoms with van der Waals surface area (Å²) in [7, 11) is 0. The number of likely N-dealkylation sites (tertiary alicyclic amines) is 1. The fraction of sp³-hybridized carbons (Fsp3) is 0.810. The molecule has 4 amide bonds. The van der Waals surface area contributed by atoms with Crippen LogP contribution in [0.4, 0.5) is 0 Å². The first-order chi connectivity index (χ1) is 13.8. The van der Waals surface area contributed by atoms with E-state index in [-0.39, 0.29) is 36.1 Å². The number of hydrogen-bond acceptors (Lipinski definition) is 4. The molecule has 0 aromatic rings. The predicted molar refractivity (Wildman–Crippen MR) is 108 cm³/mol. The Labute approximate surface area is 173 Å². The van der Waals surface area contributed by atoms with Crippen LogP contribution in [0.5, 0.6) is 0 Å². The average Bonchev–Trinajstić information content (AvgIpc) is 2.89. The summed E-state index contributed by atoms with van der Waals surface area (Å²) in [6, 6.07) is -0.555. The van der Waals surface area contributed by atoms with Crippen molar-refractivity contribution in [1.29, 1.82) is 0 Å². The molecule has 0 aromatic carbocycles. The van der Waals surface area contributed by atoms with Crippen LogP contribution in [0.15, 0.2) is 0 Å². The molecule has 0 N–H and O–H groups in total. The van der Waals surface area contributed by atoms with Gasteiger partial charge in [-0.05, 0) is 31.1 Å². The van der Waals surface area contributed by atoms with Crippen LogP contribution in [-0.2, 0) is 19.2 Å². The van der Waals surface area contributed by atoms with E-state index in [1.54, 1.807) is 21.6 Å². The topological polar surface area (TPSA) is 81.2 Å². The number of piperazine rings is 1. The van der Waals surface area contributed by atoms with Crippen LogP contribution < -0.4 is 0 Å². The second-order valence-corrected chi connectivity index (χ2v) is 9.06. The highest BCUT2D eigenvalue weighted by atomic mass is 16.2. The Bertz CT molecular complexity index is 657. The lowest BCUT2D eigenvalue weighted by Crippen LogP contribution is -2.62. The second-order valence-electron chi connectivity index (χ2n) is 9.06. The van der Waals surface area contributed by atoms with Gasteiger partial charge in [0.2, 0.25) is 23.6 Å². The van der Waals surface area contributed by atoms with Crippen molar-refractivity contribution in [1.82, 2.24) is 19.6 Å². The van der Waals surface area contributed by atoms with Crippen molar-refractivity contribution >= 4 is 23.6 Å². The smallest absolute Gasteiger partial charge is 0.247 e. The molecule has 162 valence electrons. The standard InChI is InChI=1S/C21H34N4O4/c1-15(2)12-24-14-20(28)25-8-4-7-23(13-18(25)21(24)29)19(27)11-17-5-9-22(10-6-17)16(3)26/h15,17-18H,4-14H2,1-3H3. The van der Waals surface area contributed by atoms with Crippen LogP contribution in [0.25, 0.3) is 0 Å². The summed E-state index contributed by atoms with van der Waals surface area (Å²) in [6.07, 6.45) is 2.84. The van der Waals surface area contributed by atoms with E-state index in [2.05, 4.69) is 0 Å². The predicted octanol–water partition coefficient (Wildman–Crippen LogP) is 0.563. The highest BCUT2D eigenvalue weighted by molar-refractivity contribution is 5.95. The van der Waals surface area contributed by atoms with Crippen molar-refractivity contribution in [3.8, 4) is 0 Å². The van der Waals surface area contributed by atoms with Gasteiger partial charge in [0.15, 0.2) is 0 Å². The molecule has 3 aliphatic heterocycles. The van der Waals surface area contributed by atoms with Crippen molar-refractivity contribution in [3.05, 3.63) is 0 Å². The van der Waals surface area contributed by atoms with Crippen molar-refractivity contribution < 1.29 is 19.2 Å². The summed E-state index contributed by atoms with van der Waals surface area (Å²) in [5, 5.41) is 0. The zero-order chi connectivity index (χ0) is 21.1. The Morgan fingerprint density at radius 1 is 1.03 bits per heavy atom. The Hall–Kier alpha value is -2.12. The number of piperidine rings is 1. The van der Waals surface area contributed by atoms with Gasteiger partial charge in [-0.1, -0.05) is 13.8 Å². The third-order valence-corrected chi connectivity index (χ3v) is 6.30. The van der Waals surface area contributed by atoms with Crippen LogP contribution >= 0.6 is 0 Å². The number of nitrogens with zero attached hydrogens (tertiary/aromatic N) is 4. The quantitative estimate of drug-likeness (QED) is 0.683. The van der Waals surface area contributed by atoms with Gasteiger partial charge in [0.1, 0.15) is 6.04 Å². The minimum Gasteiger partial charge on any atom is -0.343 e. The third kappa shape index (κ3) is 5.08. The molecule has 0 saturated carbocycles. The molecule has 3 aliphatic rings. The number of hydrogen-bond donors (Lipinski definition) is 0. The number of rotatable bonds is 4. The molecule has 0 bridgehead atoms. The van der Waals surface area contributed by atoms with Gasteiger partial charge in [0.25, 0.3) is 0 Å². The Kier molecular flexibility index (Phi) is 6.80. The van der Waals surface area contributed by atoms with Gasteiger partial charge in [-0.3, -0.25) is 19.2 Å². The highest BCUT2D eigenvalue weighted by Crippen LogP contribution is 2.24. The SMILES string of the molecule is CC(=O)N1CCC(CC(=O)N2CCCN3C(=O)CN(CC(C)C)C(=O)C3C2)CC1. The van der Waals surface area contributed by atoms with E-state index < -0.39 is 6.04 Å². The van der Waals surface area contributed by atoms with Gasteiger partial charge < -0.3 is 19.6 Å². The molecule has 3 saturated heterocycles. The maximum absolute atomic E-state index is 13.0. The fourth-order valence-electron chi connectivity index (χ4n) is 4.69. The zero-order valence-electron chi connectivity index (χ0n) is 17.9. The molecule has 8 heteroatoms. The van der Waals surface area contributed by atoms with Gasteiger partial charge in [-0.25, -0.2) is 0 Å². The molecule has 0 aliphatic carbocycles. The van der Waals surface area contributed by atoms with E-state index in [9.17, 15) is 19.2 Å². The molecule has 0 aromatic heterocycles. The minimum absolute atomic E-state index is 0.0128. The van der Waals surface area contributed by atoms with Crippen LogP contribution in [0.2, 0.25) is 0 Å². The van der Waals surface area contributed by atoms with Gasteiger partial charge in [0.05, 0.1) is 13.1 Å². The minimum atomic E-state index is -0.555. The van der Waals surface area contributed by atoms with Crippen molar-refractivity contribution in [2.24, 2.45) is 11.8 Å². The monoisotopic (exact) mass is 406 g/mol.